The van der Waals surface area contributed by atoms with Crippen molar-refractivity contribution in [2.45, 2.75) is 24.9 Å². The fourth-order valence-corrected chi connectivity index (χ4v) is 3.44. The van der Waals surface area contributed by atoms with Crippen molar-refractivity contribution in [3.05, 3.63) is 52.3 Å². The van der Waals surface area contributed by atoms with Crippen LogP contribution in [0.1, 0.15) is 40.2 Å². The lowest BCUT2D eigenvalue weighted by Gasteiger charge is -2.33. The van der Waals surface area contributed by atoms with Gasteiger partial charge >= 0.3 is 6.18 Å². The number of carbonyl (C=O) groups is 1. The van der Waals surface area contributed by atoms with Crippen molar-refractivity contribution in [1.82, 2.24) is 15.1 Å². The van der Waals surface area contributed by atoms with Gasteiger partial charge in [-0.25, -0.2) is 0 Å². The van der Waals surface area contributed by atoms with Crippen LogP contribution in [0.5, 0.6) is 5.75 Å². The first-order chi connectivity index (χ1) is 12.8. The first-order valence-corrected chi connectivity index (χ1v) is 8.70. The van der Waals surface area contributed by atoms with E-state index < -0.39 is 11.7 Å². The van der Waals surface area contributed by atoms with E-state index in [1.165, 1.54) is 25.4 Å². The summed E-state index contributed by atoms with van der Waals surface area (Å²) in [6.45, 7) is 0.929. The average Bonchev–Trinajstić information content (AvgIpc) is 2.66. The highest BCUT2D eigenvalue weighted by Gasteiger charge is 2.33. The standard InChI is InChI=1S/C18H17ClF3N3O2/c1-27-15-8-13(18(20,21)22)4-5-14(15)11-3-2-6-25(10-11)17(26)12-7-16(19)24-23-9-12/h4-5,7-9,11H,2-3,6,10H2,1H3. The van der Waals surface area contributed by atoms with Crippen molar-refractivity contribution < 1.29 is 22.7 Å². The second kappa shape index (κ2) is 7.72. The van der Waals surface area contributed by atoms with E-state index in [9.17, 15) is 18.0 Å². The molecule has 0 N–H and O–H groups in total. The van der Waals surface area contributed by atoms with E-state index in [2.05, 4.69) is 10.2 Å². The van der Waals surface area contributed by atoms with Crippen molar-refractivity contribution in [3.63, 3.8) is 0 Å². The van der Waals surface area contributed by atoms with Crippen molar-refractivity contribution in [2.75, 3.05) is 20.2 Å². The van der Waals surface area contributed by atoms with Gasteiger partial charge in [-0.1, -0.05) is 17.7 Å². The summed E-state index contributed by atoms with van der Waals surface area (Å²) < 4.78 is 44.0. The topological polar surface area (TPSA) is 55.3 Å². The fourth-order valence-electron chi connectivity index (χ4n) is 3.28. The van der Waals surface area contributed by atoms with Gasteiger partial charge in [0, 0.05) is 19.0 Å². The van der Waals surface area contributed by atoms with Crippen LogP contribution in [-0.4, -0.2) is 41.2 Å². The van der Waals surface area contributed by atoms with Gasteiger partial charge in [-0.2, -0.15) is 18.3 Å². The molecule has 1 amide bonds. The minimum absolute atomic E-state index is 0.120. The van der Waals surface area contributed by atoms with Crippen LogP contribution >= 0.6 is 11.6 Å². The number of alkyl halides is 3. The molecule has 0 spiro atoms. The van der Waals surface area contributed by atoms with E-state index in [-0.39, 0.29) is 22.7 Å². The number of halogens is 4. The Morgan fingerprint density at radius 3 is 2.78 bits per heavy atom. The van der Waals surface area contributed by atoms with E-state index in [4.69, 9.17) is 16.3 Å². The molecule has 9 heteroatoms. The molecule has 1 saturated heterocycles. The number of benzene rings is 1. The van der Waals surface area contributed by atoms with E-state index in [0.29, 0.717) is 24.2 Å². The Morgan fingerprint density at radius 2 is 2.11 bits per heavy atom. The van der Waals surface area contributed by atoms with E-state index >= 15 is 0 Å². The molecule has 2 aromatic rings. The molecule has 27 heavy (non-hydrogen) atoms. The number of carbonyl (C=O) groups excluding carboxylic acids is 1. The highest BCUT2D eigenvalue weighted by atomic mass is 35.5. The van der Waals surface area contributed by atoms with Crippen LogP contribution in [0.3, 0.4) is 0 Å². The van der Waals surface area contributed by atoms with Gasteiger partial charge in [0.05, 0.1) is 24.4 Å². The molecule has 0 radical (unpaired) electrons. The second-order valence-corrected chi connectivity index (χ2v) is 6.70. The van der Waals surface area contributed by atoms with Crippen molar-refractivity contribution in [3.8, 4) is 5.75 Å². The molecule has 1 aromatic carbocycles. The van der Waals surface area contributed by atoms with Crippen LogP contribution in [0.4, 0.5) is 13.2 Å². The van der Waals surface area contributed by atoms with Gasteiger partial charge in [-0.3, -0.25) is 4.79 Å². The third kappa shape index (κ3) is 4.32. The van der Waals surface area contributed by atoms with E-state index in [0.717, 1.165) is 25.0 Å². The first-order valence-electron chi connectivity index (χ1n) is 8.32. The van der Waals surface area contributed by atoms with Crippen molar-refractivity contribution in [2.24, 2.45) is 0 Å². The number of hydrogen-bond donors (Lipinski definition) is 0. The van der Waals surface area contributed by atoms with Crippen LogP contribution in [0.2, 0.25) is 5.15 Å². The molecule has 0 aliphatic carbocycles. The summed E-state index contributed by atoms with van der Waals surface area (Å²) in [5, 5.41) is 7.42. The molecular formula is C18H17ClF3N3O2. The number of hydrogen-bond acceptors (Lipinski definition) is 4. The molecular weight excluding hydrogens is 383 g/mol. The summed E-state index contributed by atoms with van der Waals surface area (Å²) in [5.74, 6) is -0.176. The lowest BCUT2D eigenvalue weighted by atomic mass is 9.89. The van der Waals surface area contributed by atoms with Crippen molar-refractivity contribution >= 4 is 17.5 Å². The fraction of sp³-hybridized carbons (Fsp3) is 0.389. The quantitative estimate of drug-likeness (QED) is 0.777. The molecule has 0 saturated carbocycles. The number of likely N-dealkylation sites (tertiary alicyclic amines) is 1. The number of amides is 1. The third-order valence-electron chi connectivity index (χ3n) is 4.58. The monoisotopic (exact) mass is 399 g/mol. The van der Waals surface area contributed by atoms with Gasteiger partial charge < -0.3 is 9.64 Å². The van der Waals surface area contributed by atoms with Crippen LogP contribution in [0.15, 0.2) is 30.5 Å². The molecule has 3 rings (SSSR count). The summed E-state index contributed by atoms with van der Waals surface area (Å²) in [6, 6.07) is 4.93. The second-order valence-electron chi connectivity index (χ2n) is 6.31. The van der Waals surface area contributed by atoms with E-state index in [1.54, 1.807) is 4.90 Å². The molecule has 1 aliphatic rings. The Morgan fingerprint density at radius 1 is 1.33 bits per heavy atom. The van der Waals surface area contributed by atoms with Crippen LogP contribution in [0.25, 0.3) is 0 Å². The number of piperidine rings is 1. The largest absolute Gasteiger partial charge is 0.496 e. The maximum absolute atomic E-state index is 12.9. The summed E-state index contributed by atoms with van der Waals surface area (Å²) in [4.78, 5) is 14.3. The molecule has 1 atom stereocenters. The predicted octanol–water partition coefficient (Wildman–Crippen LogP) is 4.18. The Labute approximate surface area is 159 Å². The van der Waals surface area contributed by atoms with Crippen LogP contribution in [0, 0.1) is 0 Å². The number of rotatable bonds is 3. The summed E-state index contributed by atoms with van der Waals surface area (Å²) in [5.41, 5.74) is 0.230. The zero-order chi connectivity index (χ0) is 19.6. The normalized spacial score (nSPS) is 17.7. The Hall–Kier alpha value is -2.35. The Bertz CT molecular complexity index is 845. The number of methoxy groups -OCH3 is 1. The van der Waals surface area contributed by atoms with E-state index in [1.807, 2.05) is 0 Å². The van der Waals surface area contributed by atoms with Gasteiger partial charge in [0.15, 0.2) is 5.15 Å². The molecule has 5 nitrogen and oxygen atoms in total. The molecule has 1 fully saturated rings. The third-order valence-corrected chi connectivity index (χ3v) is 4.77. The lowest BCUT2D eigenvalue weighted by Crippen LogP contribution is -2.39. The van der Waals surface area contributed by atoms with Crippen molar-refractivity contribution in [1.29, 1.82) is 0 Å². The maximum Gasteiger partial charge on any atom is 0.416 e. The molecule has 1 aromatic heterocycles. The zero-order valence-corrected chi connectivity index (χ0v) is 15.2. The Kier molecular flexibility index (Phi) is 5.55. The zero-order valence-electron chi connectivity index (χ0n) is 14.5. The molecule has 0 bridgehead atoms. The van der Waals surface area contributed by atoms with Gasteiger partial charge in [-0.15, -0.1) is 5.10 Å². The molecule has 144 valence electrons. The minimum atomic E-state index is -4.44. The van der Waals surface area contributed by atoms with Gasteiger partial charge in [0.25, 0.3) is 5.91 Å². The van der Waals surface area contributed by atoms with Gasteiger partial charge in [0.2, 0.25) is 0 Å². The summed E-state index contributed by atoms with van der Waals surface area (Å²) >= 11 is 5.79. The maximum atomic E-state index is 12.9. The predicted molar refractivity (Wildman–Crippen MR) is 92.9 cm³/mol. The number of ether oxygens (including phenoxy) is 1. The highest BCUT2D eigenvalue weighted by Crippen LogP contribution is 2.38. The molecule has 1 unspecified atom stereocenters. The van der Waals surface area contributed by atoms with Crippen LogP contribution in [-0.2, 0) is 6.18 Å². The Balaban J connectivity index is 1.83. The van der Waals surface area contributed by atoms with Gasteiger partial charge in [-0.05, 0) is 36.6 Å². The number of aromatic nitrogens is 2. The number of nitrogens with zero attached hydrogens (tertiary/aromatic N) is 3. The smallest absolute Gasteiger partial charge is 0.416 e. The lowest BCUT2D eigenvalue weighted by molar-refractivity contribution is -0.137. The minimum Gasteiger partial charge on any atom is -0.496 e. The summed E-state index contributed by atoms with van der Waals surface area (Å²) in [7, 11) is 1.34. The van der Waals surface area contributed by atoms with Gasteiger partial charge in [0.1, 0.15) is 5.75 Å². The summed E-state index contributed by atoms with van der Waals surface area (Å²) in [6.07, 6.45) is -1.61. The average molecular weight is 400 g/mol. The highest BCUT2D eigenvalue weighted by molar-refractivity contribution is 6.29. The molecule has 1 aliphatic heterocycles. The van der Waals surface area contributed by atoms with Crippen LogP contribution < -0.4 is 4.74 Å². The SMILES string of the molecule is COc1cc(C(F)(F)F)ccc1C1CCCN(C(=O)c2cnnc(Cl)c2)C1. The first kappa shape index (κ1) is 19.4. The molecule has 2 heterocycles.